The molecule has 3 aromatic rings. The summed E-state index contributed by atoms with van der Waals surface area (Å²) in [6, 6.07) is 22.1. The highest BCUT2D eigenvalue weighted by Gasteiger charge is 2.40. The maximum absolute atomic E-state index is 13.5. The van der Waals surface area contributed by atoms with Gasteiger partial charge in [-0.3, -0.25) is 9.59 Å². The monoisotopic (exact) mass is 431 g/mol. The van der Waals surface area contributed by atoms with Crippen molar-refractivity contribution in [1.82, 2.24) is 0 Å². The number of nitrogens with zero attached hydrogens (tertiary/aromatic N) is 2. The van der Waals surface area contributed by atoms with E-state index in [0.29, 0.717) is 21.8 Å². The van der Waals surface area contributed by atoms with E-state index in [4.69, 9.17) is 11.6 Å². The van der Waals surface area contributed by atoms with Crippen LogP contribution in [0.15, 0.2) is 78.5 Å². The van der Waals surface area contributed by atoms with Crippen molar-refractivity contribution >= 4 is 46.1 Å². The number of aryl methyl sites for hydroxylation is 1. The predicted octanol–water partition coefficient (Wildman–Crippen LogP) is 5.11. The Hall–Kier alpha value is -3.57. The van der Waals surface area contributed by atoms with Crippen molar-refractivity contribution in [2.75, 3.05) is 29.2 Å². The van der Waals surface area contributed by atoms with Crippen LogP contribution in [0.1, 0.15) is 11.1 Å². The fourth-order valence-electron chi connectivity index (χ4n) is 3.55. The van der Waals surface area contributed by atoms with E-state index < -0.39 is 5.91 Å². The Bertz CT molecular complexity index is 1190. The number of nitrogens with one attached hydrogen (secondary N) is 1. The van der Waals surface area contributed by atoms with E-state index >= 15 is 0 Å². The molecule has 4 rings (SSSR count). The zero-order chi connectivity index (χ0) is 22.1. The van der Waals surface area contributed by atoms with E-state index in [0.717, 1.165) is 16.9 Å². The van der Waals surface area contributed by atoms with Gasteiger partial charge in [0.2, 0.25) is 0 Å². The first kappa shape index (κ1) is 20.7. The van der Waals surface area contributed by atoms with Gasteiger partial charge in [0.25, 0.3) is 11.8 Å². The van der Waals surface area contributed by atoms with Crippen LogP contribution in [-0.4, -0.2) is 25.9 Å². The zero-order valence-corrected chi connectivity index (χ0v) is 18.3. The third-order valence-corrected chi connectivity index (χ3v) is 5.45. The smallest absolute Gasteiger partial charge is 0.282 e. The fraction of sp³-hybridized carbons (Fsp3) is 0.120. The Labute approximate surface area is 186 Å². The maximum atomic E-state index is 13.5. The van der Waals surface area contributed by atoms with E-state index in [1.54, 1.807) is 18.2 Å². The number of rotatable bonds is 5. The number of carbonyl (C=O) groups excluding carboxylic acids is 2. The molecule has 0 radical (unpaired) electrons. The van der Waals surface area contributed by atoms with Crippen LogP contribution in [0.25, 0.3) is 5.57 Å². The van der Waals surface area contributed by atoms with Gasteiger partial charge >= 0.3 is 0 Å². The van der Waals surface area contributed by atoms with Crippen LogP contribution in [0.2, 0.25) is 5.02 Å². The summed E-state index contributed by atoms with van der Waals surface area (Å²) in [7, 11) is 3.92. The first-order valence-corrected chi connectivity index (χ1v) is 10.2. The molecular weight excluding hydrogens is 410 g/mol. The fourth-order valence-corrected chi connectivity index (χ4v) is 3.71. The Balaban J connectivity index is 1.80. The molecule has 5 nitrogen and oxygen atoms in total. The highest BCUT2D eigenvalue weighted by atomic mass is 35.5. The molecule has 0 atom stereocenters. The Morgan fingerprint density at radius 3 is 2.19 bits per heavy atom. The molecule has 0 fully saturated rings. The molecule has 1 aliphatic heterocycles. The normalized spacial score (nSPS) is 13.7. The molecule has 31 heavy (non-hydrogen) atoms. The quantitative estimate of drug-likeness (QED) is 0.570. The minimum absolute atomic E-state index is 0.244. The lowest BCUT2D eigenvalue weighted by atomic mass is 10.0. The van der Waals surface area contributed by atoms with Gasteiger partial charge in [0.05, 0.1) is 11.3 Å². The first-order valence-electron chi connectivity index (χ1n) is 9.86. The van der Waals surface area contributed by atoms with Crippen LogP contribution in [0.4, 0.5) is 17.1 Å². The summed E-state index contributed by atoms with van der Waals surface area (Å²) < 4.78 is 0. The summed E-state index contributed by atoms with van der Waals surface area (Å²) in [6.07, 6.45) is 0. The SMILES string of the molecule is Cc1ccc(Cl)cc1N1C(=O)C(Nc2ccc(N(C)C)cc2)=C(c2ccccc2)C1=O. The number of hydrogen-bond acceptors (Lipinski definition) is 4. The van der Waals surface area contributed by atoms with Crippen molar-refractivity contribution in [3.8, 4) is 0 Å². The van der Waals surface area contributed by atoms with Gasteiger partial charge in [0.15, 0.2) is 0 Å². The minimum Gasteiger partial charge on any atom is -0.378 e. The van der Waals surface area contributed by atoms with Crippen molar-refractivity contribution in [2.45, 2.75) is 6.92 Å². The van der Waals surface area contributed by atoms with Crippen molar-refractivity contribution in [1.29, 1.82) is 0 Å². The van der Waals surface area contributed by atoms with Gasteiger partial charge in [-0.1, -0.05) is 48.0 Å². The molecule has 0 spiro atoms. The van der Waals surface area contributed by atoms with Gasteiger partial charge in [-0.25, -0.2) is 4.90 Å². The summed E-state index contributed by atoms with van der Waals surface area (Å²) in [6.45, 7) is 1.85. The van der Waals surface area contributed by atoms with Gasteiger partial charge in [0, 0.05) is 30.5 Å². The van der Waals surface area contributed by atoms with Crippen LogP contribution in [0.5, 0.6) is 0 Å². The molecule has 0 saturated heterocycles. The number of anilines is 3. The lowest BCUT2D eigenvalue weighted by molar-refractivity contribution is -0.120. The van der Waals surface area contributed by atoms with Crippen LogP contribution < -0.4 is 15.1 Å². The van der Waals surface area contributed by atoms with Crippen LogP contribution in [-0.2, 0) is 9.59 Å². The highest BCUT2D eigenvalue weighted by molar-refractivity contribution is 6.46. The van der Waals surface area contributed by atoms with Gasteiger partial charge in [-0.15, -0.1) is 0 Å². The largest absolute Gasteiger partial charge is 0.378 e. The standard InChI is InChI=1S/C25H22ClN3O2/c1-16-9-10-18(26)15-21(16)29-24(30)22(17-7-5-4-6-8-17)23(25(29)31)27-19-11-13-20(14-12-19)28(2)3/h4-15,27H,1-3H3. The number of hydrogen-bond donors (Lipinski definition) is 1. The zero-order valence-electron chi connectivity index (χ0n) is 17.5. The van der Waals surface area contributed by atoms with Crippen molar-refractivity contribution < 1.29 is 9.59 Å². The van der Waals surface area contributed by atoms with Gasteiger partial charge < -0.3 is 10.2 Å². The van der Waals surface area contributed by atoms with Crippen LogP contribution in [0, 0.1) is 6.92 Å². The minimum atomic E-state index is -0.411. The second kappa shape index (κ2) is 8.28. The van der Waals surface area contributed by atoms with Crippen molar-refractivity contribution in [3.63, 3.8) is 0 Å². The third kappa shape index (κ3) is 3.92. The van der Waals surface area contributed by atoms with Crippen LogP contribution >= 0.6 is 11.6 Å². The molecular formula is C25H22ClN3O2. The number of carbonyl (C=O) groups is 2. The molecule has 1 aliphatic rings. The topological polar surface area (TPSA) is 52.7 Å². The molecule has 3 aromatic carbocycles. The van der Waals surface area contributed by atoms with Crippen molar-refractivity contribution in [3.05, 3.63) is 94.6 Å². The van der Waals surface area contributed by atoms with E-state index in [1.807, 2.05) is 80.5 Å². The molecule has 0 saturated carbocycles. The molecule has 1 heterocycles. The average molecular weight is 432 g/mol. The highest BCUT2D eigenvalue weighted by Crippen LogP contribution is 2.36. The van der Waals surface area contributed by atoms with Gasteiger partial charge in [-0.05, 0) is 54.4 Å². The Kier molecular flexibility index (Phi) is 5.53. The third-order valence-electron chi connectivity index (χ3n) is 5.21. The lowest BCUT2D eigenvalue weighted by Gasteiger charge is -2.18. The van der Waals surface area contributed by atoms with E-state index in [-0.39, 0.29) is 11.6 Å². The Morgan fingerprint density at radius 2 is 1.55 bits per heavy atom. The first-order chi connectivity index (χ1) is 14.9. The molecule has 0 aromatic heterocycles. The summed E-state index contributed by atoms with van der Waals surface area (Å²) in [5.41, 5.74) is 4.28. The van der Waals surface area contributed by atoms with E-state index in [2.05, 4.69) is 5.32 Å². The summed E-state index contributed by atoms with van der Waals surface area (Å²) >= 11 is 6.17. The lowest BCUT2D eigenvalue weighted by Crippen LogP contribution is -2.33. The summed E-state index contributed by atoms with van der Waals surface area (Å²) in [5, 5.41) is 3.65. The summed E-state index contributed by atoms with van der Waals surface area (Å²) in [4.78, 5) is 30.1. The molecule has 0 aliphatic carbocycles. The van der Waals surface area contributed by atoms with Gasteiger partial charge in [-0.2, -0.15) is 0 Å². The van der Waals surface area contributed by atoms with Crippen LogP contribution in [0.3, 0.4) is 0 Å². The average Bonchev–Trinajstić information content (AvgIpc) is 3.00. The van der Waals surface area contributed by atoms with E-state index in [1.165, 1.54) is 4.90 Å². The number of benzene rings is 3. The van der Waals surface area contributed by atoms with Gasteiger partial charge in [0.1, 0.15) is 5.70 Å². The van der Waals surface area contributed by atoms with Crippen molar-refractivity contribution in [2.24, 2.45) is 0 Å². The molecule has 2 amide bonds. The van der Waals surface area contributed by atoms with E-state index in [9.17, 15) is 9.59 Å². The number of imide groups is 1. The number of amides is 2. The molecule has 6 heteroatoms. The second-order valence-electron chi connectivity index (χ2n) is 7.56. The maximum Gasteiger partial charge on any atom is 0.282 e. The molecule has 156 valence electrons. The number of halogens is 1. The summed E-state index contributed by atoms with van der Waals surface area (Å²) in [5.74, 6) is -0.792. The Morgan fingerprint density at radius 1 is 0.871 bits per heavy atom. The molecule has 0 bridgehead atoms. The second-order valence-corrected chi connectivity index (χ2v) is 8.00. The molecule has 1 N–H and O–H groups in total. The predicted molar refractivity (Wildman–Crippen MR) is 126 cm³/mol. The molecule has 0 unspecified atom stereocenters.